The summed E-state index contributed by atoms with van der Waals surface area (Å²) in [6, 6.07) is 22.6. The fraction of sp³-hybridized carbons (Fsp3) is 0.160. The maximum atomic E-state index is 13.0. The quantitative estimate of drug-likeness (QED) is 0.613. The highest BCUT2D eigenvalue weighted by Crippen LogP contribution is 2.38. The number of rotatable bonds is 5. The van der Waals surface area contributed by atoms with Gasteiger partial charge in [0.1, 0.15) is 17.5 Å². The highest BCUT2D eigenvalue weighted by molar-refractivity contribution is 6.00. The average Bonchev–Trinajstić information content (AvgIpc) is 3.35. The minimum atomic E-state index is -0.883. The molecule has 7 heteroatoms. The second-order valence-corrected chi connectivity index (χ2v) is 7.63. The van der Waals surface area contributed by atoms with Crippen molar-refractivity contribution in [3.63, 3.8) is 0 Å². The predicted octanol–water partition coefficient (Wildman–Crippen LogP) is 4.28. The molecule has 0 bridgehead atoms. The van der Waals surface area contributed by atoms with Crippen molar-refractivity contribution in [2.45, 2.75) is 25.1 Å². The molecular formula is C25H20N2O5. The molecular weight excluding hydrogens is 408 g/mol. The molecule has 1 saturated heterocycles. The average molecular weight is 428 g/mol. The number of carbonyl (C=O) groups is 3. The van der Waals surface area contributed by atoms with Crippen LogP contribution in [0.5, 0.6) is 11.5 Å². The zero-order valence-corrected chi connectivity index (χ0v) is 17.1. The zero-order valence-electron chi connectivity index (χ0n) is 17.1. The van der Waals surface area contributed by atoms with E-state index in [0.717, 1.165) is 5.75 Å². The molecule has 32 heavy (non-hydrogen) atoms. The van der Waals surface area contributed by atoms with Crippen molar-refractivity contribution < 1.29 is 23.9 Å². The van der Waals surface area contributed by atoms with Gasteiger partial charge in [-0.2, -0.15) is 0 Å². The van der Waals surface area contributed by atoms with Crippen molar-refractivity contribution in [3.8, 4) is 11.5 Å². The van der Waals surface area contributed by atoms with E-state index in [1.165, 1.54) is 4.90 Å². The number of carbonyl (C=O) groups excluding carboxylic acids is 3. The topological polar surface area (TPSA) is 84.9 Å². The number of esters is 1. The second kappa shape index (κ2) is 8.19. The summed E-state index contributed by atoms with van der Waals surface area (Å²) in [5.74, 6) is 0.329. The van der Waals surface area contributed by atoms with E-state index < -0.39 is 18.2 Å². The summed E-state index contributed by atoms with van der Waals surface area (Å²) in [7, 11) is 0. The van der Waals surface area contributed by atoms with Crippen LogP contribution in [0.3, 0.4) is 0 Å². The van der Waals surface area contributed by atoms with Crippen LogP contribution in [0, 0.1) is 0 Å². The molecule has 7 nitrogen and oxygen atoms in total. The minimum Gasteiger partial charge on any atom is -0.457 e. The number of nitrogens with zero attached hydrogens (tertiary/aromatic N) is 1. The fourth-order valence-corrected chi connectivity index (χ4v) is 4.04. The first kappa shape index (κ1) is 19.8. The van der Waals surface area contributed by atoms with Crippen LogP contribution < -0.4 is 10.1 Å². The molecule has 1 fully saturated rings. The number of anilines is 1. The monoisotopic (exact) mass is 428 g/mol. The fourth-order valence-electron chi connectivity index (χ4n) is 4.04. The standard InChI is InChI=1S/C25H20N2O5/c28-22-15-14-21(27(22)24-19-8-4-5-9-20(19)25(30)32-24)23(29)26-16-10-12-18(13-11-16)31-17-6-2-1-3-7-17/h1-13,21,24H,14-15H2,(H,26,29). The summed E-state index contributed by atoms with van der Waals surface area (Å²) in [6.07, 6.45) is -0.306. The lowest BCUT2D eigenvalue weighted by molar-refractivity contribution is -0.144. The van der Waals surface area contributed by atoms with Gasteiger partial charge in [-0.15, -0.1) is 0 Å². The van der Waals surface area contributed by atoms with Gasteiger partial charge in [-0.3, -0.25) is 14.5 Å². The Hall–Kier alpha value is -4.13. The van der Waals surface area contributed by atoms with E-state index in [2.05, 4.69) is 5.32 Å². The van der Waals surface area contributed by atoms with Crippen LogP contribution in [0.15, 0.2) is 78.9 Å². The first-order valence-corrected chi connectivity index (χ1v) is 10.3. The molecule has 2 heterocycles. The molecule has 0 saturated carbocycles. The van der Waals surface area contributed by atoms with Crippen LogP contribution >= 0.6 is 0 Å². The third kappa shape index (κ3) is 3.69. The summed E-state index contributed by atoms with van der Waals surface area (Å²) >= 11 is 0. The molecule has 3 aromatic carbocycles. The van der Waals surface area contributed by atoms with E-state index in [1.807, 2.05) is 30.3 Å². The van der Waals surface area contributed by atoms with Gasteiger partial charge in [0.15, 0.2) is 0 Å². The van der Waals surface area contributed by atoms with Gasteiger partial charge in [0.05, 0.1) is 5.56 Å². The summed E-state index contributed by atoms with van der Waals surface area (Å²) < 4.78 is 11.2. The Kier molecular flexibility index (Phi) is 5.07. The number of cyclic esters (lactones) is 1. The van der Waals surface area contributed by atoms with Gasteiger partial charge < -0.3 is 14.8 Å². The summed E-state index contributed by atoms with van der Waals surface area (Å²) in [4.78, 5) is 39.2. The van der Waals surface area contributed by atoms with Gasteiger partial charge in [0, 0.05) is 17.7 Å². The van der Waals surface area contributed by atoms with E-state index in [1.54, 1.807) is 48.5 Å². The Morgan fingerprint density at radius 3 is 2.38 bits per heavy atom. The number of amides is 2. The summed E-state index contributed by atoms with van der Waals surface area (Å²) in [5.41, 5.74) is 1.61. The first-order valence-electron chi connectivity index (χ1n) is 10.3. The SMILES string of the molecule is O=C1OC(N2C(=O)CCC2C(=O)Nc2ccc(Oc3ccccc3)cc2)c2ccccc21. The van der Waals surface area contributed by atoms with Crippen LogP contribution in [-0.2, 0) is 14.3 Å². The van der Waals surface area contributed by atoms with Crippen molar-refractivity contribution in [1.29, 1.82) is 0 Å². The molecule has 160 valence electrons. The Morgan fingerprint density at radius 1 is 0.906 bits per heavy atom. The predicted molar refractivity (Wildman–Crippen MR) is 116 cm³/mol. The number of fused-ring (bicyclic) bond motifs is 1. The van der Waals surface area contributed by atoms with Gasteiger partial charge in [-0.1, -0.05) is 36.4 Å². The Balaban J connectivity index is 1.30. The van der Waals surface area contributed by atoms with Crippen molar-refractivity contribution >= 4 is 23.5 Å². The molecule has 5 rings (SSSR count). The molecule has 2 aliphatic rings. The maximum absolute atomic E-state index is 13.0. The molecule has 2 aliphatic heterocycles. The van der Waals surface area contributed by atoms with E-state index >= 15 is 0 Å². The van der Waals surface area contributed by atoms with E-state index in [9.17, 15) is 14.4 Å². The van der Waals surface area contributed by atoms with Crippen LogP contribution in [0.25, 0.3) is 0 Å². The van der Waals surface area contributed by atoms with E-state index in [0.29, 0.717) is 29.0 Å². The second-order valence-electron chi connectivity index (χ2n) is 7.63. The van der Waals surface area contributed by atoms with Crippen molar-refractivity contribution in [2.24, 2.45) is 0 Å². The number of hydrogen-bond donors (Lipinski definition) is 1. The van der Waals surface area contributed by atoms with Gasteiger partial charge in [-0.05, 0) is 48.9 Å². The Labute approximate surface area is 184 Å². The Morgan fingerprint density at radius 2 is 1.59 bits per heavy atom. The third-order valence-corrected chi connectivity index (χ3v) is 5.58. The number of nitrogens with one attached hydrogen (secondary N) is 1. The van der Waals surface area contributed by atoms with Gasteiger partial charge in [0.25, 0.3) is 0 Å². The molecule has 0 radical (unpaired) electrons. The maximum Gasteiger partial charge on any atom is 0.340 e. The van der Waals surface area contributed by atoms with Crippen molar-refractivity contribution in [2.75, 3.05) is 5.32 Å². The lowest BCUT2D eigenvalue weighted by Crippen LogP contribution is -2.43. The normalized spacial score (nSPS) is 19.4. The van der Waals surface area contributed by atoms with Crippen LogP contribution in [0.1, 0.15) is 35.0 Å². The number of para-hydroxylation sites is 1. The van der Waals surface area contributed by atoms with Crippen LogP contribution in [0.4, 0.5) is 5.69 Å². The molecule has 2 unspecified atom stereocenters. The molecule has 0 aliphatic carbocycles. The number of benzene rings is 3. The van der Waals surface area contributed by atoms with Gasteiger partial charge in [-0.25, -0.2) is 4.79 Å². The molecule has 3 aromatic rings. The lowest BCUT2D eigenvalue weighted by Gasteiger charge is -2.29. The van der Waals surface area contributed by atoms with Crippen LogP contribution in [0.2, 0.25) is 0 Å². The highest BCUT2D eigenvalue weighted by atomic mass is 16.6. The first-order chi connectivity index (χ1) is 15.6. The van der Waals surface area contributed by atoms with Gasteiger partial charge in [0.2, 0.25) is 18.0 Å². The minimum absolute atomic E-state index is 0.216. The lowest BCUT2D eigenvalue weighted by atomic mass is 10.1. The van der Waals surface area contributed by atoms with Crippen LogP contribution in [-0.4, -0.2) is 28.7 Å². The van der Waals surface area contributed by atoms with Crippen molar-refractivity contribution in [1.82, 2.24) is 4.90 Å². The Bertz CT molecular complexity index is 1180. The number of hydrogen-bond acceptors (Lipinski definition) is 5. The molecule has 2 amide bonds. The summed E-state index contributed by atoms with van der Waals surface area (Å²) in [6.45, 7) is 0. The third-order valence-electron chi connectivity index (χ3n) is 5.58. The summed E-state index contributed by atoms with van der Waals surface area (Å²) in [5, 5.41) is 2.86. The number of likely N-dealkylation sites (tertiary alicyclic amines) is 1. The zero-order chi connectivity index (χ0) is 22.1. The highest BCUT2D eigenvalue weighted by Gasteiger charge is 2.46. The molecule has 0 aromatic heterocycles. The van der Waals surface area contributed by atoms with Gasteiger partial charge >= 0.3 is 5.97 Å². The number of ether oxygens (including phenoxy) is 2. The smallest absolute Gasteiger partial charge is 0.340 e. The largest absolute Gasteiger partial charge is 0.457 e. The molecule has 0 spiro atoms. The van der Waals surface area contributed by atoms with E-state index in [-0.39, 0.29) is 18.2 Å². The van der Waals surface area contributed by atoms with Crippen molar-refractivity contribution in [3.05, 3.63) is 90.0 Å². The van der Waals surface area contributed by atoms with E-state index in [4.69, 9.17) is 9.47 Å². The molecule has 1 N–H and O–H groups in total. The molecule has 2 atom stereocenters.